The summed E-state index contributed by atoms with van der Waals surface area (Å²) in [6, 6.07) is 20.6. The number of aromatic nitrogens is 2. The van der Waals surface area contributed by atoms with Crippen LogP contribution in [-0.2, 0) is 4.79 Å². The van der Waals surface area contributed by atoms with E-state index in [2.05, 4.69) is 10.4 Å². The van der Waals surface area contributed by atoms with Crippen LogP contribution in [0.4, 0.5) is 5.69 Å². The van der Waals surface area contributed by atoms with Crippen molar-refractivity contribution in [2.24, 2.45) is 0 Å². The molecule has 0 saturated heterocycles. The van der Waals surface area contributed by atoms with Gasteiger partial charge in [-0.3, -0.25) is 4.79 Å². The summed E-state index contributed by atoms with van der Waals surface area (Å²) in [5, 5.41) is 7.82. The highest BCUT2D eigenvalue weighted by Crippen LogP contribution is 2.30. The van der Waals surface area contributed by atoms with Gasteiger partial charge in [-0.2, -0.15) is 9.78 Å². The molecule has 0 fully saturated rings. The van der Waals surface area contributed by atoms with E-state index in [9.17, 15) is 9.59 Å². The number of fused-ring (bicyclic) bond motifs is 1. The van der Waals surface area contributed by atoms with Gasteiger partial charge in [0.15, 0.2) is 0 Å². The van der Waals surface area contributed by atoms with Crippen LogP contribution in [0.1, 0.15) is 6.92 Å². The maximum absolute atomic E-state index is 12.3. The zero-order chi connectivity index (χ0) is 18.1. The number of amides is 1. The van der Waals surface area contributed by atoms with Gasteiger partial charge in [-0.05, 0) is 18.2 Å². The summed E-state index contributed by atoms with van der Waals surface area (Å²) in [5.41, 5.74) is 2.12. The van der Waals surface area contributed by atoms with Gasteiger partial charge in [-0.15, -0.1) is 0 Å². The Morgan fingerprint density at radius 1 is 1.04 bits per heavy atom. The van der Waals surface area contributed by atoms with Crippen LogP contribution in [0.2, 0.25) is 0 Å². The molecular weight excluding hydrogens is 330 g/mol. The second kappa shape index (κ2) is 6.33. The molecule has 6 heteroatoms. The number of benzene rings is 2. The summed E-state index contributed by atoms with van der Waals surface area (Å²) < 4.78 is 7.11. The Morgan fingerprint density at radius 2 is 1.69 bits per heavy atom. The first-order valence-corrected chi connectivity index (χ1v) is 8.09. The fourth-order valence-corrected chi connectivity index (χ4v) is 2.82. The predicted molar refractivity (Wildman–Crippen MR) is 99.3 cm³/mol. The second-order valence-corrected chi connectivity index (χ2v) is 5.81. The average molecular weight is 345 g/mol. The van der Waals surface area contributed by atoms with Crippen LogP contribution in [0.15, 0.2) is 75.9 Å². The van der Waals surface area contributed by atoms with Crippen molar-refractivity contribution in [1.82, 2.24) is 9.78 Å². The van der Waals surface area contributed by atoms with E-state index in [0.29, 0.717) is 16.8 Å². The molecule has 0 aliphatic carbocycles. The van der Waals surface area contributed by atoms with E-state index in [1.807, 2.05) is 60.7 Å². The van der Waals surface area contributed by atoms with Crippen LogP contribution in [-0.4, -0.2) is 15.7 Å². The number of nitrogens with zero attached hydrogens (tertiary/aromatic N) is 2. The van der Waals surface area contributed by atoms with E-state index in [-0.39, 0.29) is 11.6 Å². The molecule has 0 spiro atoms. The maximum Gasteiger partial charge on any atom is 0.361 e. The lowest BCUT2D eigenvalue weighted by Crippen LogP contribution is -2.14. The van der Waals surface area contributed by atoms with E-state index in [1.165, 1.54) is 6.92 Å². The first-order valence-electron chi connectivity index (χ1n) is 8.09. The Labute approximate surface area is 148 Å². The Hall–Kier alpha value is -3.67. The van der Waals surface area contributed by atoms with E-state index < -0.39 is 5.63 Å². The van der Waals surface area contributed by atoms with Crippen LogP contribution in [0.3, 0.4) is 0 Å². The summed E-state index contributed by atoms with van der Waals surface area (Å²) in [6.45, 7) is 1.34. The number of carbonyl (C=O) groups is 1. The number of anilines is 1. The van der Waals surface area contributed by atoms with Crippen molar-refractivity contribution in [3.63, 3.8) is 0 Å². The monoisotopic (exact) mass is 345 g/mol. The largest absolute Gasteiger partial charge is 0.402 e. The quantitative estimate of drug-likeness (QED) is 0.615. The number of para-hydroxylation sites is 1. The first kappa shape index (κ1) is 15.8. The van der Waals surface area contributed by atoms with Gasteiger partial charge in [0.2, 0.25) is 11.6 Å². The molecule has 2 aromatic carbocycles. The van der Waals surface area contributed by atoms with Crippen molar-refractivity contribution in [2.75, 3.05) is 5.32 Å². The molecule has 128 valence electrons. The molecule has 4 aromatic rings. The highest BCUT2D eigenvalue weighted by atomic mass is 16.4. The fraction of sp³-hybridized carbons (Fsp3) is 0.0500. The van der Waals surface area contributed by atoms with Crippen LogP contribution in [0.5, 0.6) is 0 Å². The van der Waals surface area contributed by atoms with E-state index in [0.717, 1.165) is 11.3 Å². The smallest absolute Gasteiger partial charge is 0.361 e. The molecule has 0 aliphatic heterocycles. The molecule has 4 rings (SSSR count). The normalized spacial score (nSPS) is 10.8. The van der Waals surface area contributed by atoms with E-state index in [1.54, 1.807) is 10.7 Å². The minimum atomic E-state index is -0.621. The van der Waals surface area contributed by atoms with Gasteiger partial charge < -0.3 is 9.73 Å². The zero-order valence-electron chi connectivity index (χ0n) is 14.0. The van der Waals surface area contributed by atoms with E-state index in [4.69, 9.17) is 4.42 Å². The molecule has 0 aliphatic rings. The van der Waals surface area contributed by atoms with Crippen LogP contribution in [0.25, 0.3) is 28.0 Å². The third kappa shape index (κ3) is 2.77. The van der Waals surface area contributed by atoms with Crippen molar-refractivity contribution in [2.45, 2.75) is 6.92 Å². The molecule has 26 heavy (non-hydrogen) atoms. The maximum atomic E-state index is 12.3. The molecule has 2 heterocycles. The van der Waals surface area contributed by atoms with E-state index >= 15 is 0 Å². The van der Waals surface area contributed by atoms with Gasteiger partial charge in [0.25, 0.3) is 0 Å². The minimum absolute atomic E-state index is 0.0924. The Balaban J connectivity index is 2.03. The number of rotatable bonds is 3. The predicted octanol–water partition coefficient (Wildman–Crippen LogP) is 3.60. The molecule has 0 atom stereocenters. The summed E-state index contributed by atoms with van der Waals surface area (Å²) in [7, 11) is 0. The average Bonchev–Trinajstić information content (AvgIpc) is 3.01. The van der Waals surface area contributed by atoms with Crippen molar-refractivity contribution < 1.29 is 9.21 Å². The molecule has 1 N–H and O–H groups in total. The van der Waals surface area contributed by atoms with Gasteiger partial charge in [-0.1, -0.05) is 48.5 Å². The Morgan fingerprint density at radius 3 is 2.35 bits per heavy atom. The minimum Gasteiger partial charge on any atom is -0.402 e. The van der Waals surface area contributed by atoms with Gasteiger partial charge in [0.1, 0.15) is 11.4 Å². The number of hydrogen-bond acceptors (Lipinski definition) is 4. The molecule has 0 radical (unpaired) electrons. The van der Waals surface area contributed by atoms with Crippen molar-refractivity contribution in [1.29, 1.82) is 0 Å². The summed E-state index contributed by atoms with van der Waals surface area (Å²) in [4.78, 5) is 23.6. The van der Waals surface area contributed by atoms with Gasteiger partial charge in [0.05, 0.1) is 11.1 Å². The van der Waals surface area contributed by atoms with Crippen molar-refractivity contribution in [3.05, 3.63) is 77.2 Å². The topological polar surface area (TPSA) is 77.1 Å². The van der Waals surface area contributed by atoms with Gasteiger partial charge >= 0.3 is 5.63 Å². The lowest BCUT2D eigenvalue weighted by molar-refractivity contribution is -0.114. The molecule has 0 unspecified atom stereocenters. The molecule has 0 bridgehead atoms. The second-order valence-electron chi connectivity index (χ2n) is 5.81. The highest BCUT2D eigenvalue weighted by molar-refractivity contribution is 5.95. The summed E-state index contributed by atoms with van der Waals surface area (Å²) in [6.07, 6.45) is 0. The molecule has 0 saturated carbocycles. The van der Waals surface area contributed by atoms with Crippen LogP contribution in [0, 0.1) is 0 Å². The Bertz CT molecular complexity index is 1150. The lowest BCUT2D eigenvalue weighted by Gasteiger charge is -2.03. The van der Waals surface area contributed by atoms with Crippen LogP contribution >= 0.6 is 0 Å². The van der Waals surface area contributed by atoms with Gasteiger partial charge in [0, 0.05) is 12.5 Å². The molecule has 6 nitrogen and oxygen atoms in total. The SMILES string of the molecule is CC(=O)Nc1cc2c(-c3ccccc3)nn(-c3ccccc3)c2oc1=O. The highest BCUT2D eigenvalue weighted by Gasteiger charge is 2.18. The zero-order valence-corrected chi connectivity index (χ0v) is 14.0. The number of hydrogen-bond donors (Lipinski definition) is 1. The molecule has 2 aromatic heterocycles. The standard InChI is InChI=1S/C20H15N3O3/c1-13(24)21-17-12-16-18(14-8-4-2-5-9-14)22-23(19(16)26-20(17)25)15-10-6-3-7-11-15/h2-12H,1H3,(H,21,24). The first-order chi connectivity index (χ1) is 12.6. The van der Waals surface area contributed by atoms with Crippen molar-refractivity contribution in [3.8, 4) is 16.9 Å². The number of carbonyl (C=O) groups excluding carboxylic acids is 1. The summed E-state index contributed by atoms with van der Waals surface area (Å²) >= 11 is 0. The fourth-order valence-electron chi connectivity index (χ4n) is 2.82. The van der Waals surface area contributed by atoms with Crippen molar-refractivity contribution >= 4 is 22.7 Å². The third-order valence-corrected chi connectivity index (χ3v) is 3.93. The summed E-state index contributed by atoms with van der Waals surface area (Å²) in [5.74, 6) is -0.339. The Kier molecular flexibility index (Phi) is 3.85. The molecule has 1 amide bonds. The number of nitrogens with one attached hydrogen (secondary N) is 1. The van der Waals surface area contributed by atoms with Gasteiger partial charge in [-0.25, -0.2) is 4.79 Å². The van der Waals surface area contributed by atoms with Crippen LogP contribution < -0.4 is 10.9 Å². The lowest BCUT2D eigenvalue weighted by atomic mass is 10.1. The molecular formula is C20H15N3O3. The third-order valence-electron chi connectivity index (χ3n) is 3.93.